The molecule has 2 saturated heterocycles. The van der Waals surface area contributed by atoms with E-state index in [-0.39, 0.29) is 35.7 Å². The topological polar surface area (TPSA) is 97.1 Å². The lowest BCUT2D eigenvalue weighted by atomic mass is 9.82. The van der Waals surface area contributed by atoms with Gasteiger partial charge in [0.1, 0.15) is 11.9 Å². The summed E-state index contributed by atoms with van der Waals surface area (Å²) in [7, 11) is -2.39. The van der Waals surface area contributed by atoms with Crippen LogP contribution >= 0.6 is 0 Å². The van der Waals surface area contributed by atoms with E-state index in [4.69, 9.17) is 4.74 Å². The number of halogens is 1. The van der Waals surface area contributed by atoms with Crippen molar-refractivity contribution in [3.63, 3.8) is 0 Å². The second kappa shape index (κ2) is 9.30. The molecule has 4 rings (SSSR count). The van der Waals surface area contributed by atoms with Crippen LogP contribution in [0.3, 0.4) is 0 Å². The van der Waals surface area contributed by atoms with E-state index in [9.17, 15) is 23.2 Å². The zero-order valence-corrected chi connectivity index (χ0v) is 21.2. The summed E-state index contributed by atoms with van der Waals surface area (Å²) in [4.78, 5) is 2.26. The summed E-state index contributed by atoms with van der Waals surface area (Å²) >= 11 is 0. The largest absolute Gasteiger partial charge is 0.504 e. The predicted molar refractivity (Wildman–Crippen MR) is 131 cm³/mol. The molecule has 1 N–H and O–H groups in total. The lowest BCUT2D eigenvalue weighted by Crippen LogP contribution is -2.57. The number of nitriles is 1. The van der Waals surface area contributed by atoms with E-state index in [2.05, 4.69) is 4.90 Å². The molecule has 0 bridgehead atoms. The summed E-state index contributed by atoms with van der Waals surface area (Å²) in [6, 6.07) is 11.0. The van der Waals surface area contributed by atoms with E-state index >= 15 is 0 Å². The summed E-state index contributed by atoms with van der Waals surface area (Å²) in [6.45, 7) is 7.32. The minimum absolute atomic E-state index is 0.00955. The normalized spacial score (nSPS) is 24.7. The number of phenols is 1. The number of phenolic OH excluding ortho intramolecular Hbond substituents is 1. The Labute approximate surface area is 206 Å². The predicted octanol–water partition coefficient (Wildman–Crippen LogP) is 3.61. The number of anilines is 1. The fraction of sp³-hybridized carbons (Fsp3) is 0.480. The van der Waals surface area contributed by atoms with Gasteiger partial charge in [-0.1, -0.05) is 6.07 Å². The van der Waals surface area contributed by atoms with Crippen molar-refractivity contribution < 1.29 is 22.7 Å². The van der Waals surface area contributed by atoms with E-state index < -0.39 is 21.6 Å². The number of likely N-dealkylation sites (tertiary alicyclic amines) is 1. The molecule has 2 aromatic carbocycles. The Morgan fingerprint density at radius 2 is 2.03 bits per heavy atom. The van der Waals surface area contributed by atoms with Crippen LogP contribution in [-0.4, -0.2) is 60.6 Å². The van der Waals surface area contributed by atoms with Crippen molar-refractivity contribution in [1.82, 2.24) is 9.21 Å². The maximum absolute atomic E-state index is 14.2. The zero-order chi connectivity index (χ0) is 25.5. The molecule has 0 aliphatic carbocycles. The van der Waals surface area contributed by atoms with Gasteiger partial charge in [0, 0.05) is 32.7 Å². The van der Waals surface area contributed by atoms with Crippen LogP contribution in [0.15, 0.2) is 36.4 Å². The van der Waals surface area contributed by atoms with Crippen molar-refractivity contribution in [2.45, 2.75) is 57.8 Å². The smallest absolute Gasteiger partial charge is 0.304 e. The van der Waals surface area contributed by atoms with Crippen molar-refractivity contribution in [3.05, 3.63) is 53.3 Å². The molecule has 2 atom stereocenters. The van der Waals surface area contributed by atoms with Crippen LogP contribution in [0.25, 0.3) is 0 Å². The summed E-state index contributed by atoms with van der Waals surface area (Å²) in [5, 5.41) is 19.7. The number of ether oxygens (including phenoxy) is 1. The van der Waals surface area contributed by atoms with Gasteiger partial charge in [0.25, 0.3) is 0 Å². The first-order valence-corrected chi connectivity index (χ1v) is 13.1. The molecular formula is C25H31FN4O4S. The molecule has 1 spiro atoms. The van der Waals surface area contributed by atoms with E-state index in [0.29, 0.717) is 31.7 Å². The molecule has 2 aliphatic heterocycles. The van der Waals surface area contributed by atoms with Crippen LogP contribution in [-0.2, 0) is 16.8 Å². The van der Waals surface area contributed by atoms with Gasteiger partial charge in [-0.25, -0.2) is 8.70 Å². The first-order chi connectivity index (χ1) is 16.5. The van der Waals surface area contributed by atoms with Crippen molar-refractivity contribution >= 4 is 15.9 Å². The van der Waals surface area contributed by atoms with E-state index in [1.807, 2.05) is 39.0 Å². The summed E-state index contributed by atoms with van der Waals surface area (Å²) in [5.41, 5.74) is 0.406. The Morgan fingerprint density at radius 1 is 1.29 bits per heavy atom. The Hall–Kier alpha value is -2.87. The van der Waals surface area contributed by atoms with Gasteiger partial charge in [0.05, 0.1) is 22.9 Å². The van der Waals surface area contributed by atoms with E-state index in [1.54, 1.807) is 6.07 Å². The molecule has 2 fully saturated rings. The van der Waals surface area contributed by atoms with Gasteiger partial charge >= 0.3 is 10.2 Å². The van der Waals surface area contributed by atoms with Crippen LogP contribution < -0.4 is 9.04 Å². The zero-order valence-electron chi connectivity index (χ0n) is 20.4. The van der Waals surface area contributed by atoms with E-state index in [1.165, 1.54) is 27.8 Å². The fourth-order valence-corrected chi connectivity index (χ4v) is 7.04. The van der Waals surface area contributed by atoms with Crippen LogP contribution in [0.1, 0.15) is 44.7 Å². The first-order valence-electron chi connectivity index (χ1n) is 11.7. The Morgan fingerprint density at radius 3 is 2.69 bits per heavy atom. The number of likely N-dealkylation sites (N-methyl/N-ethyl adjacent to an activating group) is 1. The lowest BCUT2D eigenvalue weighted by molar-refractivity contribution is 0.100. The maximum atomic E-state index is 14.2. The van der Waals surface area contributed by atoms with Crippen LogP contribution in [0.4, 0.5) is 10.1 Å². The van der Waals surface area contributed by atoms with Gasteiger partial charge in [0.2, 0.25) is 0 Å². The third-order valence-electron chi connectivity index (χ3n) is 6.81. The molecule has 0 unspecified atom stereocenters. The van der Waals surface area contributed by atoms with Crippen LogP contribution in [0, 0.1) is 17.1 Å². The number of aromatic hydroxyl groups is 1. The Kier molecular flexibility index (Phi) is 6.70. The van der Waals surface area contributed by atoms with Crippen LogP contribution in [0.2, 0.25) is 0 Å². The van der Waals surface area contributed by atoms with Crippen molar-refractivity contribution in [1.29, 1.82) is 5.26 Å². The molecule has 0 amide bonds. The molecular weight excluding hydrogens is 471 g/mol. The standard InChI is InChI=1S/C25H31FN4O4S/c1-17(2)34-24-11-19(5-8-23(24)31)15-29-10-9-25(13-18(29)3)16-28(4)35(32,33)30(25)22-12-21(26)7-6-20(22)14-27/h5-8,11-12,17-18,31H,9-10,13,15-16H2,1-4H3/t18-,25+/m0/s1. The molecule has 0 radical (unpaired) electrons. The second-order valence-corrected chi connectivity index (χ2v) is 11.7. The van der Waals surface area contributed by atoms with Gasteiger partial charge in [-0.15, -0.1) is 0 Å². The maximum Gasteiger partial charge on any atom is 0.304 e. The molecule has 188 valence electrons. The number of benzene rings is 2. The van der Waals surface area contributed by atoms with Gasteiger partial charge < -0.3 is 9.84 Å². The molecule has 0 aromatic heterocycles. The summed E-state index contributed by atoms with van der Waals surface area (Å²) in [6.07, 6.45) is 0.972. The molecule has 2 heterocycles. The number of hydrogen-bond acceptors (Lipinski definition) is 6. The van der Waals surface area contributed by atoms with Gasteiger partial charge in [-0.3, -0.25) is 4.90 Å². The monoisotopic (exact) mass is 502 g/mol. The molecule has 35 heavy (non-hydrogen) atoms. The minimum Gasteiger partial charge on any atom is -0.504 e. The average molecular weight is 503 g/mol. The molecule has 2 aliphatic rings. The van der Waals surface area contributed by atoms with Crippen molar-refractivity contribution in [2.24, 2.45) is 0 Å². The highest BCUT2D eigenvalue weighted by molar-refractivity contribution is 7.90. The first kappa shape index (κ1) is 25.2. The highest BCUT2D eigenvalue weighted by Crippen LogP contribution is 2.45. The van der Waals surface area contributed by atoms with E-state index in [0.717, 1.165) is 11.6 Å². The highest BCUT2D eigenvalue weighted by atomic mass is 32.2. The molecule has 0 saturated carbocycles. The van der Waals surface area contributed by atoms with Gasteiger partial charge in [0.15, 0.2) is 11.5 Å². The molecule has 10 heteroatoms. The van der Waals surface area contributed by atoms with Crippen molar-refractivity contribution in [2.75, 3.05) is 24.4 Å². The summed E-state index contributed by atoms with van der Waals surface area (Å²) < 4.78 is 49.2. The summed E-state index contributed by atoms with van der Waals surface area (Å²) in [5.74, 6) is -0.0640. The number of hydrogen-bond donors (Lipinski definition) is 1. The Balaban J connectivity index is 1.62. The highest BCUT2D eigenvalue weighted by Gasteiger charge is 2.56. The number of nitrogens with zero attached hydrogens (tertiary/aromatic N) is 4. The molecule has 8 nitrogen and oxygen atoms in total. The van der Waals surface area contributed by atoms with Crippen molar-refractivity contribution in [3.8, 4) is 17.6 Å². The second-order valence-electron chi connectivity index (χ2n) is 9.77. The van der Waals surface area contributed by atoms with Gasteiger partial charge in [-0.05, 0) is 69.5 Å². The number of rotatable bonds is 5. The molecule has 2 aromatic rings. The number of piperidine rings is 1. The Bertz CT molecular complexity index is 1260. The lowest BCUT2D eigenvalue weighted by Gasteiger charge is -2.47. The average Bonchev–Trinajstić information content (AvgIpc) is 2.96. The van der Waals surface area contributed by atoms with Gasteiger partial charge in [-0.2, -0.15) is 18.0 Å². The fourth-order valence-electron chi connectivity index (χ4n) is 5.25. The van der Waals surface area contributed by atoms with Crippen LogP contribution in [0.5, 0.6) is 11.5 Å². The third kappa shape index (κ3) is 4.68. The minimum atomic E-state index is -3.91. The quantitative estimate of drug-likeness (QED) is 0.671. The third-order valence-corrected chi connectivity index (χ3v) is 8.77. The SMILES string of the molecule is CC(C)Oc1cc(CN2CC[C@@]3(C[C@@H]2C)CN(C)S(=O)(=O)N3c2cc(F)ccc2C#N)ccc1O.